The summed E-state index contributed by atoms with van der Waals surface area (Å²) < 4.78 is 31.7. The fourth-order valence-electron chi connectivity index (χ4n) is 4.88. The number of H-pyrrole nitrogens is 2. The molecule has 1 atom stereocenters. The number of hydrogen-bond donors (Lipinski definition) is 2. The SMILES string of the molecule is CC(c1ccccc1)N1CCC(S(=O)(=O)CCCOc2ccc3nc4[nH]c(=O)[nH]c4cc3c2)CC1. The van der Waals surface area contributed by atoms with Crippen molar-refractivity contribution >= 4 is 31.9 Å². The summed E-state index contributed by atoms with van der Waals surface area (Å²) in [5.41, 5.74) is 2.87. The van der Waals surface area contributed by atoms with Crippen molar-refractivity contribution in [3.8, 4) is 5.75 Å². The van der Waals surface area contributed by atoms with Crippen LogP contribution in [-0.4, -0.2) is 59.0 Å². The molecule has 8 nitrogen and oxygen atoms in total. The first-order valence-electron chi connectivity index (χ1n) is 12.1. The van der Waals surface area contributed by atoms with Gasteiger partial charge in [-0.05, 0) is 69.1 Å². The zero-order valence-corrected chi connectivity index (χ0v) is 20.6. The van der Waals surface area contributed by atoms with Crippen molar-refractivity contribution in [1.29, 1.82) is 0 Å². The third-order valence-electron chi connectivity index (χ3n) is 6.92. The van der Waals surface area contributed by atoms with Crippen LogP contribution >= 0.6 is 0 Å². The second-order valence-corrected chi connectivity index (χ2v) is 11.6. The molecule has 2 N–H and O–H groups in total. The number of nitrogens with zero attached hydrogens (tertiary/aromatic N) is 2. The van der Waals surface area contributed by atoms with Crippen molar-refractivity contribution in [3.63, 3.8) is 0 Å². The molecule has 0 radical (unpaired) electrons. The standard InChI is InChI=1S/C26H30N4O4S/c1-18(19-6-3-2-4-7-19)30-12-10-22(11-13-30)35(32,33)15-5-14-34-21-8-9-23-20(16-21)17-24-25(27-23)29-26(31)28-24/h2-4,6-9,16-18,22H,5,10-15H2,1H3,(H2,27,28,29,31). The number of nitrogens with one attached hydrogen (secondary N) is 2. The molecular formula is C26H30N4O4S. The van der Waals surface area contributed by atoms with Gasteiger partial charge >= 0.3 is 5.69 Å². The van der Waals surface area contributed by atoms with Gasteiger partial charge in [0.1, 0.15) is 5.75 Å². The number of imidazole rings is 1. The zero-order chi connectivity index (χ0) is 24.4. The second-order valence-electron chi connectivity index (χ2n) is 9.21. The fourth-order valence-corrected chi connectivity index (χ4v) is 6.66. The van der Waals surface area contributed by atoms with Crippen LogP contribution in [0.2, 0.25) is 0 Å². The molecule has 1 saturated heterocycles. The van der Waals surface area contributed by atoms with Gasteiger partial charge in [-0.1, -0.05) is 30.3 Å². The molecule has 35 heavy (non-hydrogen) atoms. The third kappa shape index (κ3) is 5.26. The molecule has 5 rings (SSSR count). The van der Waals surface area contributed by atoms with E-state index in [4.69, 9.17) is 4.74 Å². The van der Waals surface area contributed by atoms with Crippen LogP contribution in [0, 0.1) is 0 Å². The molecule has 0 bridgehead atoms. The van der Waals surface area contributed by atoms with Gasteiger partial charge in [0.15, 0.2) is 15.5 Å². The van der Waals surface area contributed by atoms with Crippen LogP contribution in [-0.2, 0) is 9.84 Å². The minimum atomic E-state index is -3.16. The summed E-state index contributed by atoms with van der Waals surface area (Å²) in [7, 11) is -3.16. The molecule has 1 aliphatic heterocycles. The number of hydrogen-bond acceptors (Lipinski definition) is 6. The van der Waals surface area contributed by atoms with E-state index in [-0.39, 0.29) is 16.7 Å². The molecule has 0 spiro atoms. The first kappa shape index (κ1) is 23.6. The Balaban J connectivity index is 1.12. The highest BCUT2D eigenvalue weighted by Gasteiger charge is 2.31. The Morgan fingerprint density at radius 3 is 2.63 bits per heavy atom. The lowest BCUT2D eigenvalue weighted by molar-refractivity contribution is 0.176. The monoisotopic (exact) mass is 494 g/mol. The molecule has 2 aromatic carbocycles. The van der Waals surface area contributed by atoms with Gasteiger partial charge in [0, 0.05) is 11.4 Å². The summed E-state index contributed by atoms with van der Waals surface area (Å²) in [5, 5.41) is 0.564. The average molecular weight is 495 g/mol. The van der Waals surface area contributed by atoms with Crippen LogP contribution in [0.25, 0.3) is 22.1 Å². The Labute approximate surface area is 204 Å². The van der Waals surface area contributed by atoms with Crippen LogP contribution in [0.4, 0.5) is 0 Å². The van der Waals surface area contributed by atoms with E-state index in [2.05, 4.69) is 38.9 Å². The maximum atomic E-state index is 12.9. The van der Waals surface area contributed by atoms with E-state index < -0.39 is 9.84 Å². The molecule has 1 aliphatic rings. The first-order chi connectivity index (χ1) is 16.9. The Morgan fingerprint density at radius 1 is 1.09 bits per heavy atom. The number of aromatic amines is 2. The Hall–Kier alpha value is -3.17. The van der Waals surface area contributed by atoms with Crippen molar-refractivity contribution in [2.75, 3.05) is 25.4 Å². The minimum Gasteiger partial charge on any atom is -0.494 e. The van der Waals surface area contributed by atoms with Gasteiger partial charge in [-0.2, -0.15) is 0 Å². The van der Waals surface area contributed by atoms with Gasteiger partial charge in [-0.25, -0.2) is 18.2 Å². The van der Waals surface area contributed by atoms with E-state index in [1.165, 1.54) is 5.56 Å². The Morgan fingerprint density at radius 2 is 1.86 bits per heavy atom. The summed E-state index contributed by atoms with van der Waals surface area (Å²) in [6.45, 7) is 4.10. The summed E-state index contributed by atoms with van der Waals surface area (Å²) in [6, 6.07) is 18.0. The van der Waals surface area contributed by atoms with Crippen LogP contribution < -0.4 is 10.4 Å². The number of benzene rings is 2. The van der Waals surface area contributed by atoms with E-state index in [1.54, 1.807) is 0 Å². The van der Waals surface area contributed by atoms with E-state index >= 15 is 0 Å². The molecule has 9 heteroatoms. The van der Waals surface area contributed by atoms with E-state index in [1.807, 2.05) is 42.5 Å². The van der Waals surface area contributed by atoms with E-state index in [9.17, 15) is 13.2 Å². The number of likely N-dealkylation sites (tertiary alicyclic amines) is 1. The Kier molecular flexibility index (Phi) is 6.62. The second kappa shape index (κ2) is 9.83. The van der Waals surface area contributed by atoms with Gasteiger partial charge in [0.25, 0.3) is 0 Å². The summed E-state index contributed by atoms with van der Waals surface area (Å²) in [5.74, 6) is 0.781. The largest absolute Gasteiger partial charge is 0.494 e. The number of fused-ring (bicyclic) bond motifs is 2. The van der Waals surface area contributed by atoms with Crippen LogP contribution in [0.1, 0.15) is 37.8 Å². The van der Waals surface area contributed by atoms with Gasteiger partial charge in [0.2, 0.25) is 0 Å². The minimum absolute atomic E-state index is 0.131. The lowest BCUT2D eigenvalue weighted by Gasteiger charge is -2.36. The average Bonchev–Trinajstić information content (AvgIpc) is 3.24. The highest BCUT2D eigenvalue weighted by molar-refractivity contribution is 7.92. The van der Waals surface area contributed by atoms with Crippen molar-refractivity contribution in [1.82, 2.24) is 19.9 Å². The molecule has 2 aromatic heterocycles. The van der Waals surface area contributed by atoms with Crippen LogP contribution in [0.3, 0.4) is 0 Å². The maximum Gasteiger partial charge on any atom is 0.325 e. The lowest BCUT2D eigenvalue weighted by atomic mass is 10.0. The quantitative estimate of drug-likeness (QED) is 0.361. The number of ether oxygens (including phenoxy) is 1. The van der Waals surface area contributed by atoms with Gasteiger partial charge in [-0.3, -0.25) is 9.88 Å². The normalized spacial score (nSPS) is 16.6. The molecule has 4 aromatic rings. The number of piperidine rings is 1. The van der Waals surface area contributed by atoms with Gasteiger partial charge in [0.05, 0.1) is 28.6 Å². The van der Waals surface area contributed by atoms with Crippen molar-refractivity contribution in [3.05, 3.63) is 70.6 Å². The lowest BCUT2D eigenvalue weighted by Crippen LogP contribution is -2.41. The van der Waals surface area contributed by atoms with Crippen molar-refractivity contribution in [2.45, 2.75) is 37.5 Å². The summed E-state index contributed by atoms with van der Waals surface area (Å²) in [4.78, 5) is 23.6. The smallest absolute Gasteiger partial charge is 0.325 e. The van der Waals surface area contributed by atoms with Crippen LogP contribution in [0.15, 0.2) is 59.4 Å². The topological polar surface area (TPSA) is 108 Å². The van der Waals surface area contributed by atoms with Crippen LogP contribution in [0.5, 0.6) is 5.75 Å². The molecule has 184 valence electrons. The first-order valence-corrected chi connectivity index (χ1v) is 13.8. The number of aromatic nitrogens is 3. The fraction of sp³-hybridized carbons (Fsp3) is 0.385. The number of rotatable bonds is 8. The van der Waals surface area contributed by atoms with E-state index in [0.29, 0.717) is 48.8 Å². The zero-order valence-electron chi connectivity index (χ0n) is 19.7. The van der Waals surface area contributed by atoms with E-state index in [0.717, 1.165) is 24.0 Å². The van der Waals surface area contributed by atoms with Gasteiger partial charge < -0.3 is 9.72 Å². The summed E-state index contributed by atoms with van der Waals surface area (Å²) >= 11 is 0. The highest BCUT2D eigenvalue weighted by atomic mass is 32.2. The number of sulfone groups is 1. The Bertz CT molecular complexity index is 1470. The maximum absolute atomic E-state index is 12.9. The molecule has 1 unspecified atom stereocenters. The molecule has 1 fully saturated rings. The molecule has 3 heterocycles. The molecular weight excluding hydrogens is 464 g/mol. The third-order valence-corrected chi connectivity index (χ3v) is 9.27. The predicted molar refractivity (Wildman–Crippen MR) is 138 cm³/mol. The summed E-state index contributed by atoms with van der Waals surface area (Å²) in [6.07, 6.45) is 1.80. The number of pyridine rings is 1. The van der Waals surface area contributed by atoms with Gasteiger partial charge in [-0.15, -0.1) is 0 Å². The van der Waals surface area contributed by atoms with Crippen molar-refractivity contribution < 1.29 is 13.2 Å². The molecule has 0 aliphatic carbocycles. The highest BCUT2D eigenvalue weighted by Crippen LogP contribution is 2.27. The molecule has 0 saturated carbocycles. The van der Waals surface area contributed by atoms with Crippen molar-refractivity contribution in [2.24, 2.45) is 0 Å². The molecule has 0 amide bonds. The predicted octanol–water partition coefficient (Wildman–Crippen LogP) is 3.81.